The SMILES string of the molecule is CCC1CCC23OC(=N)C(C#N)(C2C1)C(C#N)(C#N)C(c1ccc(C)o1)O3. The fraction of sp³-hybridized carbons (Fsp3) is 0.600. The van der Waals surface area contributed by atoms with Gasteiger partial charge in [-0.2, -0.15) is 15.8 Å². The normalized spacial score (nSPS) is 38.8. The predicted octanol–water partition coefficient (Wildman–Crippen LogP) is 3.73. The maximum absolute atomic E-state index is 10.2. The third-order valence-corrected chi connectivity index (χ3v) is 6.62. The summed E-state index contributed by atoms with van der Waals surface area (Å²) in [5.74, 6) is -0.771. The smallest absolute Gasteiger partial charge is 0.217 e. The minimum atomic E-state index is -1.93. The molecule has 0 radical (unpaired) electrons. The fourth-order valence-electron chi connectivity index (χ4n) is 5.14. The van der Waals surface area contributed by atoms with E-state index < -0.39 is 28.6 Å². The number of rotatable bonds is 2. The lowest BCUT2D eigenvalue weighted by Crippen LogP contribution is -2.61. The molecule has 1 saturated carbocycles. The van der Waals surface area contributed by atoms with Crippen molar-refractivity contribution in [2.45, 2.75) is 51.4 Å². The van der Waals surface area contributed by atoms with Crippen molar-refractivity contribution in [3.63, 3.8) is 0 Å². The average molecular weight is 364 g/mol. The molecule has 0 spiro atoms. The number of ether oxygens (including phenoxy) is 2. The molecule has 1 aromatic rings. The fourth-order valence-corrected chi connectivity index (χ4v) is 5.14. The van der Waals surface area contributed by atoms with E-state index in [0.717, 1.165) is 12.8 Å². The minimum Gasteiger partial charge on any atom is -0.464 e. The number of hydrogen-bond donors (Lipinski definition) is 1. The first kappa shape index (κ1) is 17.6. The van der Waals surface area contributed by atoms with Crippen molar-refractivity contribution in [1.82, 2.24) is 0 Å². The second kappa shape index (κ2) is 5.59. The second-order valence-corrected chi connectivity index (χ2v) is 7.74. The van der Waals surface area contributed by atoms with Gasteiger partial charge in [-0.1, -0.05) is 13.3 Å². The van der Waals surface area contributed by atoms with Crippen LogP contribution in [0.25, 0.3) is 0 Å². The summed E-state index contributed by atoms with van der Waals surface area (Å²) in [7, 11) is 0. The summed E-state index contributed by atoms with van der Waals surface area (Å²) in [6, 6.07) is 9.66. The van der Waals surface area contributed by atoms with Crippen molar-refractivity contribution >= 4 is 5.90 Å². The summed E-state index contributed by atoms with van der Waals surface area (Å²) in [6.45, 7) is 3.84. The highest BCUT2D eigenvalue weighted by Gasteiger charge is 2.81. The van der Waals surface area contributed by atoms with Gasteiger partial charge < -0.3 is 13.9 Å². The van der Waals surface area contributed by atoms with Gasteiger partial charge in [0.15, 0.2) is 11.5 Å². The molecule has 3 heterocycles. The molecule has 5 atom stereocenters. The molecule has 0 aromatic carbocycles. The van der Waals surface area contributed by atoms with Gasteiger partial charge >= 0.3 is 0 Å². The summed E-state index contributed by atoms with van der Waals surface area (Å²) in [6.07, 6.45) is 1.77. The highest BCUT2D eigenvalue weighted by Crippen LogP contribution is 2.70. The molecule has 2 saturated heterocycles. The molecule has 4 rings (SSSR count). The molecule has 2 aliphatic heterocycles. The molecule has 1 aromatic heterocycles. The molecule has 1 N–H and O–H groups in total. The standard InChI is InChI=1S/C20H20N4O3/c1-3-13-6-7-20-15(8-13)19(11-23,17(24)27-20)18(9-21,10-22)16(26-20)14-5-4-12(2)25-14/h4-5,13,15-16,24H,3,6-8H2,1-2H3. The lowest BCUT2D eigenvalue weighted by Gasteiger charge is -2.52. The van der Waals surface area contributed by atoms with E-state index in [1.807, 2.05) is 12.1 Å². The van der Waals surface area contributed by atoms with Crippen molar-refractivity contribution in [3.8, 4) is 18.2 Å². The summed E-state index contributed by atoms with van der Waals surface area (Å²) < 4.78 is 17.9. The number of nitrogens with zero attached hydrogens (tertiary/aromatic N) is 3. The lowest BCUT2D eigenvalue weighted by atomic mass is 9.51. The second-order valence-electron chi connectivity index (χ2n) is 7.74. The Bertz CT molecular complexity index is 918. The Morgan fingerprint density at radius 1 is 1.22 bits per heavy atom. The van der Waals surface area contributed by atoms with Crippen LogP contribution in [-0.2, 0) is 9.47 Å². The van der Waals surface area contributed by atoms with E-state index in [1.54, 1.807) is 19.1 Å². The van der Waals surface area contributed by atoms with E-state index in [2.05, 4.69) is 13.0 Å². The molecule has 138 valence electrons. The van der Waals surface area contributed by atoms with Crippen LogP contribution in [0.1, 0.15) is 50.2 Å². The number of hydrogen-bond acceptors (Lipinski definition) is 7. The molecule has 0 amide bonds. The predicted molar refractivity (Wildman–Crippen MR) is 91.6 cm³/mol. The van der Waals surface area contributed by atoms with Gasteiger partial charge in [0.25, 0.3) is 0 Å². The molecule has 1 aliphatic carbocycles. The zero-order valence-electron chi connectivity index (χ0n) is 15.3. The first-order valence-corrected chi connectivity index (χ1v) is 9.19. The van der Waals surface area contributed by atoms with Crippen LogP contribution in [0.15, 0.2) is 16.5 Å². The van der Waals surface area contributed by atoms with Gasteiger partial charge in [0.05, 0.1) is 24.1 Å². The van der Waals surface area contributed by atoms with Crippen LogP contribution in [0.4, 0.5) is 0 Å². The van der Waals surface area contributed by atoms with Gasteiger partial charge in [-0.05, 0) is 37.8 Å². The molecule has 5 unspecified atom stereocenters. The van der Waals surface area contributed by atoms with Crippen LogP contribution in [0, 0.1) is 69.0 Å². The molecule has 27 heavy (non-hydrogen) atoms. The molecular weight excluding hydrogens is 344 g/mol. The lowest BCUT2D eigenvalue weighted by molar-refractivity contribution is -0.302. The van der Waals surface area contributed by atoms with Gasteiger partial charge in [-0.25, -0.2) is 0 Å². The van der Waals surface area contributed by atoms with Crippen molar-refractivity contribution in [2.24, 2.45) is 22.7 Å². The largest absolute Gasteiger partial charge is 0.464 e. The van der Waals surface area contributed by atoms with E-state index in [0.29, 0.717) is 30.3 Å². The summed E-state index contributed by atoms with van der Waals surface area (Å²) in [5, 5.41) is 39.0. The topological polar surface area (TPSA) is 127 Å². The molecule has 3 fully saturated rings. The van der Waals surface area contributed by atoms with Crippen molar-refractivity contribution < 1.29 is 13.9 Å². The number of aryl methyl sites for hydroxylation is 1. The Morgan fingerprint density at radius 2 is 1.96 bits per heavy atom. The van der Waals surface area contributed by atoms with Gasteiger partial charge in [0.2, 0.25) is 17.1 Å². The first-order chi connectivity index (χ1) is 12.9. The van der Waals surface area contributed by atoms with Gasteiger partial charge in [0.1, 0.15) is 11.5 Å². The molecule has 7 heteroatoms. The van der Waals surface area contributed by atoms with Gasteiger partial charge in [-0.15, -0.1) is 0 Å². The van der Waals surface area contributed by atoms with Crippen LogP contribution in [0.3, 0.4) is 0 Å². The summed E-state index contributed by atoms with van der Waals surface area (Å²) in [5.41, 5.74) is -3.61. The van der Waals surface area contributed by atoms with E-state index >= 15 is 0 Å². The van der Waals surface area contributed by atoms with Crippen LogP contribution < -0.4 is 0 Å². The zero-order valence-corrected chi connectivity index (χ0v) is 15.3. The molecule has 7 nitrogen and oxygen atoms in total. The Balaban J connectivity index is 1.97. The zero-order chi connectivity index (χ0) is 19.4. The van der Waals surface area contributed by atoms with Crippen LogP contribution >= 0.6 is 0 Å². The van der Waals surface area contributed by atoms with Gasteiger partial charge in [-0.3, -0.25) is 5.41 Å². The number of nitriles is 3. The van der Waals surface area contributed by atoms with E-state index in [1.165, 1.54) is 0 Å². The number of furan rings is 1. The third kappa shape index (κ3) is 1.89. The van der Waals surface area contributed by atoms with Crippen LogP contribution in [0.5, 0.6) is 0 Å². The quantitative estimate of drug-likeness (QED) is 0.851. The highest BCUT2D eigenvalue weighted by molar-refractivity contribution is 5.89. The average Bonchev–Trinajstić information content (AvgIpc) is 3.19. The van der Waals surface area contributed by atoms with E-state index in [-0.39, 0.29) is 5.90 Å². The Hall–Kier alpha value is -2.82. The van der Waals surface area contributed by atoms with Crippen LogP contribution in [0.2, 0.25) is 0 Å². The Labute approximate surface area is 157 Å². The molecule has 3 aliphatic rings. The Kier molecular flexibility index (Phi) is 3.64. The summed E-state index contributed by atoms with van der Waals surface area (Å²) >= 11 is 0. The van der Waals surface area contributed by atoms with Crippen molar-refractivity contribution in [3.05, 3.63) is 23.7 Å². The monoisotopic (exact) mass is 364 g/mol. The highest BCUT2D eigenvalue weighted by atomic mass is 16.7. The molecule has 2 bridgehead atoms. The molecular formula is C20H20N4O3. The van der Waals surface area contributed by atoms with Crippen molar-refractivity contribution in [2.75, 3.05) is 0 Å². The summed E-state index contributed by atoms with van der Waals surface area (Å²) in [4.78, 5) is 0. The van der Waals surface area contributed by atoms with Gasteiger partial charge in [0, 0.05) is 6.42 Å². The first-order valence-electron chi connectivity index (χ1n) is 9.19. The maximum atomic E-state index is 10.2. The van der Waals surface area contributed by atoms with E-state index in [9.17, 15) is 15.8 Å². The third-order valence-electron chi connectivity index (χ3n) is 6.62. The van der Waals surface area contributed by atoms with E-state index in [4.69, 9.17) is 19.3 Å². The maximum Gasteiger partial charge on any atom is 0.217 e. The van der Waals surface area contributed by atoms with Crippen LogP contribution in [-0.4, -0.2) is 11.7 Å². The van der Waals surface area contributed by atoms with Crippen molar-refractivity contribution in [1.29, 1.82) is 21.2 Å². The minimum absolute atomic E-state index is 0.309. The Morgan fingerprint density at radius 3 is 2.52 bits per heavy atom. The number of nitrogens with one attached hydrogen (secondary N) is 1.